The monoisotopic (exact) mass is 425 g/mol. The van der Waals surface area contributed by atoms with E-state index in [1.807, 2.05) is 23.7 Å². The Bertz CT molecular complexity index is 1330. The molecule has 1 aliphatic heterocycles. The SMILES string of the molecule is Nc1cc(-c2ccc3scnc3c2)nc2ccc(S(=O)(=O)N3CCNCC3)cc12. The first kappa shape index (κ1) is 18.4. The van der Waals surface area contributed by atoms with Gasteiger partial charge in [-0.2, -0.15) is 4.31 Å². The molecule has 2 aromatic heterocycles. The van der Waals surface area contributed by atoms with E-state index in [0.717, 1.165) is 21.5 Å². The Hall–Kier alpha value is -2.59. The molecular weight excluding hydrogens is 406 g/mol. The third-order valence-electron chi connectivity index (χ3n) is 5.15. The van der Waals surface area contributed by atoms with E-state index in [0.29, 0.717) is 42.8 Å². The van der Waals surface area contributed by atoms with E-state index in [1.54, 1.807) is 35.6 Å². The molecule has 148 valence electrons. The van der Waals surface area contributed by atoms with Crippen LogP contribution in [0.3, 0.4) is 0 Å². The number of hydrogen-bond donors (Lipinski definition) is 2. The van der Waals surface area contributed by atoms with Gasteiger partial charge in [0.25, 0.3) is 0 Å². The molecule has 0 spiro atoms. The van der Waals surface area contributed by atoms with Gasteiger partial charge in [-0.05, 0) is 36.4 Å². The van der Waals surface area contributed by atoms with Crippen molar-refractivity contribution in [2.75, 3.05) is 31.9 Å². The largest absolute Gasteiger partial charge is 0.398 e. The molecule has 9 heteroatoms. The van der Waals surface area contributed by atoms with Gasteiger partial charge >= 0.3 is 0 Å². The van der Waals surface area contributed by atoms with E-state index < -0.39 is 10.0 Å². The van der Waals surface area contributed by atoms with E-state index in [4.69, 9.17) is 10.7 Å². The molecule has 1 fully saturated rings. The third kappa shape index (κ3) is 3.25. The molecule has 0 atom stereocenters. The maximum atomic E-state index is 13.0. The molecule has 3 N–H and O–H groups in total. The number of anilines is 1. The lowest BCUT2D eigenvalue weighted by Gasteiger charge is -2.26. The predicted molar refractivity (Wildman–Crippen MR) is 116 cm³/mol. The average molecular weight is 426 g/mol. The minimum atomic E-state index is -3.55. The fourth-order valence-corrected chi connectivity index (χ4v) is 5.72. The van der Waals surface area contributed by atoms with Gasteiger partial charge < -0.3 is 11.1 Å². The van der Waals surface area contributed by atoms with Gasteiger partial charge in [-0.15, -0.1) is 11.3 Å². The Labute approximate surface area is 172 Å². The van der Waals surface area contributed by atoms with Crippen molar-refractivity contribution >= 4 is 48.2 Å². The number of aromatic nitrogens is 2. The van der Waals surface area contributed by atoms with E-state index in [9.17, 15) is 8.42 Å². The van der Waals surface area contributed by atoms with Crippen molar-refractivity contribution in [1.29, 1.82) is 0 Å². The van der Waals surface area contributed by atoms with Crippen LogP contribution in [0.25, 0.3) is 32.4 Å². The summed E-state index contributed by atoms with van der Waals surface area (Å²) < 4.78 is 28.5. The summed E-state index contributed by atoms with van der Waals surface area (Å²) >= 11 is 1.59. The van der Waals surface area contributed by atoms with E-state index in [2.05, 4.69) is 10.3 Å². The van der Waals surface area contributed by atoms with Crippen molar-refractivity contribution in [3.8, 4) is 11.3 Å². The second kappa shape index (κ2) is 7.03. The summed E-state index contributed by atoms with van der Waals surface area (Å²) in [6.07, 6.45) is 0. The summed E-state index contributed by atoms with van der Waals surface area (Å²) in [6, 6.07) is 12.8. The zero-order chi connectivity index (χ0) is 20.0. The fourth-order valence-electron chi connectivity index (χ4n) is 3.59. The number of piperazine rings is 1. The molecule has 1 saturated heterocycles. The van der Waals surface area contributed by atoms with Crippen molar-refractivity contribution in [2.45, 2.75) is 4.90 Å². The van der Waals surface area contributed by atoms with Crippen molar-refractivity contribution < 1.29 is 8.42 Å². The van der Waals surface area contributed by atoms with Crippen LogP contribution in [-0.4, -0.2) is 48.9 Å². The Morgan fingerprint density at radius 2 is 1.86 bits per heavy atom. The number of benzene rings is 2. The lowest BCUT2D eigenvalue weighted by atomic mass is 10.1. The zero-order valence-corrected chi connectivity index (χ0v) is 17.1. The van der Waals surface area contributed by atoms with Crippen molar-refractivity contribution in [2.24, 2.45) is 0 Å². The summed E-state index contributed by atoms with van der Waals surface area (Å²) in [6.45, 7) is 2.24. The standard InChI is InChI=1S/C20H19N5O2S2/c21-16-11-18(13-1-4-20-19(9-13)23-12-28-20)24-17-3-2-14(10-15(16)17)29(26,27)25-7-5-22-6-8-25/h1-4,9-12,22H,5-8H2,(H2,21,24). The van der Waals surface area contributed by atoms with Gasteiger partial charge in [0.2, 0.25) is 10.0 Å². The Kier molecular flexibility index (Phi) is 4.47. The fraction of sp³-hybridized carbons (Fsp3) is 0.200. The van der Waals surface area contributed by atoms with Crippen LogP contribution in [-0.2, 0) is 10.0 Å². The minimum absolute atomic E-state index is 0.247. The van der Waals surface area contributed by atoms with Crippen LogP contribution >= 0.6 is 11.3 Å². The molecule has 7 nitrogen and oxygen atoms in total. The van der Waals surface area contributed by atoms with Gasteiger partial charge in [-0.25, -0.2) is 18.4 Å². The topological polar surface area (TPSA) is 101 Å². The molecule has 1 aliphatic rings. The van der Waals surface area contributed by atoms with Gasteiger partial charge in [-0.3, -0.25) is 0 Å². The highest BCUT2D eigenvalue weighted by molar-refractivity contribution is 7.89. The first-order valence-electron chi connectivity index (χ1n) is 9.27. The van der Waals surface area contributed by atoms with Gasteiger partial charge in [0.1, 0.15) is 0 Å². The van der Waals surface area contributed by atoms with Crippen molar-refractivity contribution in [3.63, 3.8) is 0 Å². The number of hydrogen-bond acceptors (Lipinski definition) is 7. The van der Waals surface area contributed by atoms with Gasteiger partial charge in [0.05, 0.1) is 31.8 Å². The first-order valence-corrected chi connectivity index (χ1v) is 11.6. The molecule has 0 saturated carbocycles. The highest BCUT2D eigenvalue weighted by Crippen LogP contribution is 2.31. The Morgan fingerprint density at radius 1 is 1.03 bits per heavy atom. The van der Waals surface area contributed by atoms with Gasteiger partial charge in [0, 0.05) is 42.8 Å². The highest BCUT2D eigenvalue weighted by Gasteiger charge is 2.26. The van der Waals surface area contributed by atoms with Crippen LogP contribution in [0.15, 0.2) is 52.9 Å². The van der Waals surface area contributed by atoms with Crippen LogP contribution in [0, 0.1) is 0 Å². The third-order valence-corrected chi connectivity index (χ3v) is 7.86. The average Bonchev–Trinajstić information content (AvgIpc) is 3.22. The number of sulfonamides is 1. The minimum Gasteiger partial charge on any atom is -0.398 e. The number of nitrogens with two attached hydrogens (primary N) is 1. The quantitative estimate of drug-likeness (QED) is 0.523. The summed E-state index contributed by atoms with van der Waals surface area (Å²) in [5.74, 6) is 0. The molecule has 29 heavy (non-hydrogen) atoms. The smallest absolute Gasteiger partial charge is 0.243 e. The van der Waals surface area contributed by atoms with Crippen LogP contribution in [0.1, 0.15) is 0 Å². The molecule has 0 unspecified atom stereocenters. The molecule has 0 aliphatic carbocycles. The summed E-state index contributed by atoms with van der Waals surface area (Å²) in [5, 5.41) is 3.81. The molecule has 0 bridgehead atoms. The number of fused-ring (bicyclic) bond motifs is 2. The molecule has 3 heterocycles. The second-order valence-electron chi connectivity index (χ2n) is 6.96. The molecular formula is C20H19N5O2S2. The molecule has 0 amide bonds. The number of nitrogens with zero attached hydrogens (tertiary/aromatic N) is 3. The molecule has 2 aromatic carbocycles. The molecule has 4 aromatic rings. The molecule has 5 rings (SSSR count). The molecule has 0 radical (unpaired) electrons. The van der Waals surface area contributed by atoms with Crippen molar-refractivity contribution in [3.05, 3.63) is 48.0 Å². The van der Waals surface area contributed by atoms with Crippen LogP contribution in [0.4, 0.5) is 5.69 Å². The van der Waals surface area contributed by atoms with Crippen molar-refractivity contribution in [1.82, 2.24) is 19.6 Å². The normalized spacial score (nSPS) is 15.9. The zero-order valence-electron chi connectivity index (χ0n) is 15.5. The first-order chi connectivity index (χ1) is 14.0. The summed E-state index contributed by atoms with van der Waals surface area (Å²) in [4.78, 5) is 9.31. The summed E-state index contributed by atoms with van der Waals surface area (Å²) in [5.41, 5.74) is 11.9. The maximum Gasteiger partial charge on any atom is 0.243 e. The van der Waals surface area contributed by atoms with E-state index in [-0.39, 0.29) is 4.90 Å². The van der Waals surface area contributed by atoms with E-state index >= 15 is 0 Å². The van der Waals surface area contributed by atoms with Gasteiger partial charge in [-0.1, -0.05) is 6.07 Å². The lowest BCUT2D eigenvalue weighted by Crippen LogP contribution is -2.46. The maximum absolute atomic E-state index is 13.0. The van der Waals surface area contributed by atoms with E-state index in [1.165, 1.54) is 4.31 Å². The number of rotatable bonds is 3. The highest BCUT2D eigenvalue weighted by atomic mass is 32.2. The lowest BCUT2D eigenvalue weighted by molar-refractivity contribution is 0.360. The van der Waals surface area contributed by atoms with Gasteiger partial charge in [0.15, 0.2) is 0 Å². The predicted octanol–water partition coefficient (Wildman–Crippen LogP) is 2.69. The number of pyridine rings is 1. The van der Waals surface area contributed by atoms with Crippen LogP contribution in [0.5, 0.6) is 0 Å². The number of thiazole rings is 1. The number of nitrogen functional groups attached to an aromatic ring is 1. The Balaban J connectivity index is 1.57. The van der Waals surface area contributed by atoms with Crippen LogP contribution in [0.2, 0.25) is 0 Å². The number of nitrogens with one attached hydrogen (secondary N) is 1. The Morgan fingerprint density at radius 3 is 2.69 bits per heavy atom. The summed E-state index contributed by atoms with van der Waals surface area (Å²) in [7, 11) is -3.55. The second-order valence-corrected chi connectivity index (χ2v) is 9.79. The van der Waals surface area contributed by atoms with Crippen LogP contribution < -0.4 is 11.1 Å².